The summed E-state index contributed by atoms with van der Waals surface area (Å²) in [4.78, 5) is 14.7. The highest BCUT2D eigenvalue weighted by molar-refractivity contribution is 9.10. The third-order valence-electron chi connectivity index (χ3n) is 7.86. The molecule has 5 nitrogen and oxygen atoms in total. The second-order valence-corrected chi connectivity index (χ2v) is 17.1. The first-order valence-electron chi connectivity index (χ1n) is 12.7. The molecule has 2 aliphatic heterocycles. The molecule has 0 spiro atoms. The van der Waals surface area contributed by atoms with E-state index < -0.39 is 24.6 Å². The van der Waals surface area contributed by atoms with Crippen molar-refractivity contribution in [3.05, 3.63) is 98.0 Å². The molecule has 2 aliphatic rings. The molecule has 2 fully saturated rings. The van der Waals surface area contributed by atoms with Crippen LogP contribution in [0.5, 0.6) is 0 Å². The minimum atomic E-state index is -1.28. The fourth-order valence-electron chi connectivity index (χ4n) is 5.67. The number of nitro benzene ring substituents is 1. The van der Waals surface area contributed by atoms with Gasteiger partial charge in [0.25, 0.3) is 5.69 Å². The van der Waals surface area contributed by atoms with E-state index in [1.165, 1.54) is 24.3 Å². The monoisotopic (exact) mass is 585 g/mol. The largest absolute Gasteiger partial charge is 0.367 e. The summed E-state index contributed by atoms with van der Waals surface area (Å²) in [6, 6.07) is 19.2. The number of nitrogens with zero attached hydrogens (tertiary/aromatic N) is 3. The maximum Gasteiger partial charge on any atom is 0.269 e. The van der Waals surface area contributed by atoms with Crippen LogP contribution in [0.25, 0.3) is 0 Å². The van der Waals surface area contributed by atoms with E-state index in [9.17, 15) is 10.1 Å². The zero-order valence-electron chi connectivity index (χ0n) is 21.0. The van der Waals surface area contributed by atoms with Gasteiger partial charge in [-0.3, -0.25) is 10.1 Å². The summed E-state index contributed by atoms with van der Waals surface area (Å²) >= 11 is 3.48. The standard InChI is InChI=1S/C28H30BrF2N3O2Si/c1-37(2)15-13-32(14-16-37)28-24(30)17-23(18-25(28)31)33-26(19-3-7-21(29)8-4-19)11-12-27(33)20-5-9-22(10-6-20)34(35)36/h3-10,17-18,26-27H,11-16H2,1-2H3/t26-,27+/m1/s1. The molecule has 2 heterocycles. The van der Waals surface area contributed by atoms with E-state index >= 15 is 8.78 Å². The topological polar surface area (TPSA) is 49.6 Å². The fraction of sp³-hybridized carbons (Fsp3) is 0.357. The lowest BCUT2D eigenvalue weighted by Crippen LogP contribution is -2.43. The smallest absolute Gasteiger partial charge is 0.269 e. The van der Waals surface area contributed by atoms with Gasteiger partial charge in [-0.05, 0) is 60.3 Å². The predicted molar refractivity (Wildman–Crippen MR) is 150 cm³/mol. The first kappa shape index (κ1) is 25.8. The van der Waals surface area contributed by atoms with Gasteiger partial charge in [0.1, 0.15) is 5.69 Å². The van der Waals surface area contributed by atoms with Gasteiger partial charge in [-0.1, -0.05) is 53.3 Å². The van der Waals surface area contributed by atoms with Crippen LogP contribution in [0, 0.1) is 21.7 Å². The van der Waals surface area contributed by atoms with E-state index in [0.717, 1.165) is 40.5 Å². The highest BCUT2D eigenvalue weighted by atomic mass is 79.9. The Morgan fingerprint density at radius 2 is 1.38 bits per heavy atom. The Kier molecular flexibility index (Phi) is 7.11. The first-order valence-corrected chi connectivity index (χ1v) is 16.9. The van der Waals surface area contributed by atoms with Crippen LogP contribution in [0.1, 0.15) is 36.1 Å². The average Bonchev–Trinajstić information content (AvgIpc) is 3.30. The molecule has 0 saturated carbocycles. The third-order valence-corrected chi connectivity index (χ3v) is 11.5. The molecule has 0 aromatic heterocycles. The van der Waals surface area contributed by atoms with Crippen LogP contribution >= 0.6 is 15.9 Å². The van der Waals surface area contributed by atoms with Crippen molar-refractivity contribution in [2.24, 2.45) is 0 Å². The van der Waals surface area contributed by atoms with Crippen LogP contribution in [-0.2, 0) is 0 Å². The summed E-state index contributed by atoms with van der Waals surface area (Å²) in [5, 5.41) is 11.2. The molecule has 0 amide bonds. The lowest BCUT2D eigenvalue weighted by Gasteiger charge is -2.38. The van der Waals surface area contributed by atoms with Crippen molar-refractivity contribution in [3.63, 3.8) is 0 Å². The van der Waals surface area contributed by atoms with Crippen molar-refractivity contribution >= 4 is 41.1 Å². The minimum Gasteiger partial charge on any atom is -0.367 e. The molecule has 3 aromatic carbocycles. The number of halogens is 3. The van der Waals surface area contributed by atoms with Crippen molar-refractivity contribution in [2.75, 3.05) is 22.9 Å². The van der Waals surface area contributed by atoms with E-state index in [0.29, 0.717) is 18.8 Å². The number of anilines is 2. The van der Waals surface area contributed by atoms with Crippen LogP contribution < -0.4 is 9.80 Å². The van der Waals surface area contributed by atoms with E-state index in [2.05, 4.69) is 33.9 Å². The van der Waals surface area contributed by atoms with Crippen molar-refractivity contribution in [1.29, 1.82) is 0 Å². The summed E-state index contributed by atoms with van der Waals surface area (Å²) in [7, 11) is -1.28. The zero-order chi connectivity index (χ0) is 26.3. The second-order valence-electron chi connectivity index (χ2n) is 10.8. The first-order chi connectivity index (χ1) is 17.6. The Morgan fingerprint density at radius 3 is 1.86 bits per heavy atom. The lowest BCUT2D eigenvalue weighted by molar-refractivity contribution is -0.384. The SMILES string of the molecule is C[Si]1(C)CCN(c2c(F)cc(N3[C@@H](c4ccc(Br)cc4)CC[C@H]3c3ccc([N+](=O)[O-])cc3)cc2F)CC1. The molecular weight excluding hydrogens is 556 g/mol. The highest BCUT2D eigenvalue weighted by Gasteiger charge is 2.37. The maximum atomic E-state index is 15.6. The molecule has 37 heavy (non-hydrogen) atoms. The molecule has 0 radical (unpaired) electrons. The van der Waals surface area contributed by atoms with Gasteiger partial charge in [-0.25, -0.2) is 8.78 Å². The van der Waals surface area contributed by atoms with Crippen LogP contribution in [0.4, 0.5) is 25.8 Å². The van der Waals surface area contributed by atoms with Gasteiger partial charge in [-0.2, -0.15) is 0 Å². The van der Waals surface area contributed by atoms with Gasteiger partial charge in [0.15, 0.2) is 11.6 Å². The quantitative estimate of drug-likeness (QED) is 0.172. The number of hydrogen-bond acceptors (Lipinski definition) is 4. The van der Waals surface area contributed by atoms with Crippen LogP contribution in [0.3, 0.4) is 0 Å². The minimum absolute atomic E-state index is 0.0203. The van der Waals surface area contributed by atoms with Gasteiger partial charge in [0, 0.05) is 35.4 Å². The normalized spacial score (nSPS) is 21.3. The molecule has 2 atom stereocenters. The van der Waals surface area contributed by atoms with Gasteiger partial charge < -0.3 is 9.80 Å². The molecule has 0 bridgehead atoms. The maximum absolute atomic E-state index is 15.6. The third kappa shape index (κ3) is 5.29. The molecule has 2 saturated heterocycles. The number of nitro groups is 1. The molecule has 0 aliphatic carbocycles. The Morgan fingerprint density at radius 1 is 0.892 bits per heavy atom. The van der Waals surface area contributed by atoms with Crippen molar-refractivity contribution in [3.8, 4) is 0 Å². The number of benzene rings is 3. The molecule has 0 unspecified atom stereocenters. The average molecular weight is 587 g/mol. The molecule has 9 heteroatoms. The number of hydrogen-bond donors (Lipinski definition) is 0. The van der Waals surface area contributed by atoms with Crippen molar-refractivity contribution < 1.29 is 13.7 Å². The lowest BCUT2D eigenvalue weighted by atomic mass is 10.0. The summed E-state index contributed by atoms with van der Waals surface area (Å²) < 4.78 is 32.2. The Hall–Kier alpha value is -2.78. The molecule has 194 valence electrons. The summed E-state index contributed by atoms with van der Waals surface area (Å²) in [6.45, 7) is 6.02. The van der Waals surface area contributed by atoms with Crippen LogP contribution in [0.2, 0.25) is 25.2 Å². The molecule has 3 aromatic rings. The Balaban J connectivity index is 1.53. The van der Waals surface area contributed by atoms with Gasteiger partial charge in [0.05, 0.1) is 25.1 Å². The van der Waals surface area contributed by atoms with Crippen molar-refractivity contribution in [1.82, 2.24) is 0 Å². The Labute approximate surface area is 225 Å². The van der Waals surface area contributed by atoms with Gasteiger partial charge >= 0.3 is 0 Å². The summed E-state index contributed by atoms with van der Waals surface area (Å²) in [5.41, 5.74) is 2.52. The van der Waals surface area contributed by atoms with E-state index in [1.54, 1.807) is 12.1 Å². The second kappa shape index (κ2) is 10.2. The summed E-state index contributed by atoms with van der Waals surface area (Å²) in [5.74, 6) is -1.08. The van der Waals surface area contributed by atoms with Gasteiger partial charge in [-0.15, -0.1) is 0 Å². The molecular formula is C28H30BrF2N3O2Si. The van der Waals surface area contributed by atoms with Crippen LogP contribution in [0.15, 0.2) is 65.1 Å². The fourth-order valence-corrected chi connectivity index (χ4v) is 7.93. The van der Waals surface area contributed by atoms with E-state index in [-0.39, 0.29) is 23.5 Å². The number of non-ortho nitro benzene ring substituents is 1. The molecule has 5 rings (SSSR count). The summed E-state index contributed by atoms with van der Waals surface area (Å²) in [6.07, 6.45) is 1.55. The highest BCUT2D eigenvalue weighted by Crippen LogP contribution is 2.48. The Bertz CT molecular complexity index is 1270. The zero-order valence-corrected chi connectivity index (χ0v) is 23.5. The molecule has 0 N–H and O–H groups in total. The number of rotatable bonds is 5. The van der Waals surface area contributed by atoms with Gasteiger partial charge in [0.2, 0.25) is 0 Å². The van der Waals surface area contributed by atoms with E-state index in [1.807, 2.05) is 29.2 Å². The van der Waals surface area contributed by atoms with Crippen molar-refractivity contribution in [2.45, 2.75) is 50.1 Å². The predicted octanol–water partition coefficient (Wildman–Crippen LogP) is 8.25. The van der Waals surface area contributed by atoms with Crippen LogP contribution in [-0.4, -0.2) is 26.1 Å². The van der Waals surface area contributed by atoms with E-state index in [4.69, 9.17) is 0 Å².